The van der Waals surface area contributed by atoms with E-state index in [1.807, 2.05) is 0 Å². The third-order valence-electron chi connectivity index (χ3n) is 10.8. The molecule has 0 aromatic heterocycles. The number of nitrogens with zero attached hydrogens (tertiary/aromatic N) is 2. The second-order valence-electron chi connectivity index (χ2n) is 16.1. The van der Waals surface area contributed by atoms with Crippen LogP contribution < -0.4 is 5.73 Å². The Labute approximate surface area is 338 Å². The molecule has 318 valence electrons. The zero-order valence-electron chi connectivity index (χ0n) is 36.8. The van der Waals surface area contributed by atoms with E-state index in [4.69, 9.17) is 5.73 Å². The Morgan fingerprint density at radius 1 is 0.463 bits per heavy atom. The molecule has 4 N–H and O–H groups in total. The maximum Gasteiger partial charge on any atom is 0.0789 e. The summed E-state index contributed by atoms with van der Waals surface area (Å²) in [6.07, 6.45) is 52.7. The molecule has 0 aliphatic heterocycles. The Balaban J connectivity index is 4.66. The minimum Gasteiger partial charge on any atom is -0.392 e. The van der Waals surface area contributed by atoms with Gasteiger partial charge in [-0.25, -0.2) is 0 Å². The Kier molecular flexibility index (Phi) is 41.9. The molecule has 5 heteroatoms. The van der Waals surface area contributed by atoms with E-state index in [1.54, 1.807) is 0 Å². The van der Waals surface area contributed by atoms with Gasteiger partial charge in [0.25, 0.3) is 0 Å². The summed E-state index contributed by atoms with van der Waals surface area (Å²) in [5.74, 6) is 0. The van der Waals surface area contributed by atoms with Gasteiger partial charge < -0.3 is 20.8 Å². The summed E-state index contributed by atoms with van der Waals surface area (Å²) in [5, 5.41) is 21.1. The van der Waals surface area contributed by atoms with Crippen LogP contribution >= 0.6 is 0 Å². The fourth-order valence-corrected chi connectivity index (χ4v) is 7.18. The van der Waals surface area contributed by atoms with E-state index in [0.717, 1.165) is 58.3 Å². The summed E-state index contributed by atoms with van der Waals surface area (Å²) in [7, 11) is 0. The molecule has 0 heterocycles. The van der Waals surface area contributed by atoms with Crippen molar-refractivity contribution in [2.24, 2.45) is 5.73 Å². The first-order valence-electron chi connectivity index (χ1n) is 23.7. The van der Waals surface area contributed by atoms with Gasteiger partial charge in [0, 0.05) is 25.7 Å². The van der Waals surface area contributed by atoms with Crippen LogP contribution in [0.2, 0.25) is 0 Å². The van der Waals surface area contributed by atoms with Gasteiger partial charge in [0.05, 0.1) is 12.2 Å². The molecule has 54 heavy (non-hydrogen) atoms. The van der Waals surface area contributed by atoms with Gasteiger partial charge in [-0.1, -0.05) is 173 Å². The molecule has 0 aromatic rings. The van der Waals surface area contributed by atoms with Gasteiger partial charge in [-0.2, -0.15) is 0 Å². The van der Waals surface area contributed by atoms with Gasteiger partial charge in [-0.3, -0.25) is 4.90 Å². The van der Waals surface area contributed by atoms with Crippen molar-refractivity contribution >= 4 is 0 Å². The van der Waals surface area contributed by atoms with Crippen LogP contribution in [0.15, 0.2) is 48.6 Å². The molecule has 0 fully saturated rings. The van der Waals surface area contributed by atoms with Crippen LogP contribution in [0.1, 0.15) is 207 Å². The van der Waals surface area contributed by atoms with Crippen LogP contribution in [0.4, 0.5) is 0 Å². The second kappa shape index (κ2) is 42.9. The quantitative estimate of drug-likeness (QED) is 0.0427. The van der Waals surface area contributed by atoms with Gasteiger partial charge >= 0.3 is 0 Å². The highest BCUT2D eigenvalue weighted by atomic mass is 16.3. The zero-order chi connectivity index (χ0) is 39.6. The maximum absolute atomic E-state index is 10.6. The monoisotopic (exact) mass is 758 g/mol. The van der Waals surface area contributed by atoms with Crippen molar-refractivity contribution in [1.82, 2.24) is 9.80 Å². The molecule has 0 spiro atoms. The minimum atomic E-state index is -0.474. The largest absolute Gasteiger partial charge is 0.392 e. The van der Waals surface area contributed by atoms with Crippen LogP contribution in [0, 0.1) is 0 Å². The summed E-state index contributed by atoms with van der Waals surface area (Å²) >= 11 is 0. The summed E-state index contributed by atoms with van der Waals surface area (Å²) < 4.78 is 0. The number of nitrogens with two attached hydrogens (primary N) is 1. The number of hydrogen-bond acceptors (Lipinski definition) is 5. The first kappa shape index (κ1) is 52.8. The van der Waals surface area contributed by atoms with Crippen LogP contribution in [0.3, 0.4) is 0 Å². The third kappa shape index (κ3) is 36.4. The van der Waals surface area contributed by atoms with E-state index >= 15 is 0 Å². The number of aliphatic hydroxyl groups is 2. The molecule has 0 amide bonds. The van der Waals surface area contributed by atoms with Crippen molar-refractivity contribution in [2.45, 2.75) is 226 Å². The van der Waals surface area contributed by atoms with Crippen LogP contribution in [0.25, 0.3) is 0 Å². The molecule has 0 radical (unpaired) electrons. The van der Waals surface area contributed by atoms with E-state index in [2.05, 4.69) is 86.1 Å². The van der Waals surface area contributed by atoms with E-state index < -0.39 is 6.10 Å². The molecule has 3 unspecified atom stereocenters. The summed E-state index contributed by atoms with van der Waals surface area (Å²) in [4.78, 5) is 5.05. The van der Waals surface area contributed by atoms with Crippen molar-refractivity contribution in [1.29, 1.82) is 0 Å². The normalized spacial score (nSPS) is 14.3. The van der Waals surface area contributed by atoms with Crippen LogP contribution in [-0.2, 0) is 0 Å². The lowest BCUT2D eigenvalue weighted by Crippen LogP contribution is -2.42. The standard InChI is InChI=1S/C49H95N3O2/c1-5-9-12-15-17-19-20-21-22-23-24-25-26-28-31-36-41-51(45-48(53)8-4)42-37-32-33-38-43-52(46-49(54)44-50)47(39-34-29-14-11-7-3)40-35-30-27-18-16-13-10-6-2/h17-19,21-22,27,35,40,47-49,53-54H,5-16,20,23-26,28-34,36-39,41-46,50H2,1-4H3/b19-17-,22-21+,27-18-,40-35-. The highest BCUT2D eigenvalue weighted by Crippen LogP contribution is 2.17. The minimum absolute atomic E-state index is 0.222. The molecule has 0 saturated heterocycles. The number of aliphatic hydroxyl groups excluding tert-OH is 2. The molecule has 0 rings (SSSR count). The lowest BCUT2D eigenvalue weighted by atomic mass is 10.0. The summed E-state index contributed by atoms with van der Waals surface area (Å²) in [5.41, 5.74) is 5.91. The van der Waals surface area contributed by atoms with Crippen LogP contribution in [0.5, 0.6) is 0 Å². The van der Waals surface area contributed by atoms with Crippen molar-refractivity contribution < 1.29 is 10.2 Å². The maximum atomic E-state index is 10.6. The first-order valence-corrected chi connectivity index (χ1v) is 23.7. The fraction of sp³-hybridized carbons (Fsp3) is 0.837. The van der Waals surface area contributed by atoms with Gasteiger partial charge in [0.1, 0.15) is 0 Å². The van der Waals surface area contributed by atoms with Crippen molar-refractivity contribution in [2.75, 3.05) is 39.3 Å². The summed E-state index contributed by atoms with van der Waals surface area (Å²) in [6, 6.07) is 0.363. The van der Waals surface area contributed by atoms with Crippen molar-refractivity contribution in [3.05, 3.63) is 48.6 Å². The van der Waals surface area contributed by atoms with Crippen molar-refractivity contribution in [3.63, 3.8) is 0 Å². The molecular weight excluding hydrogens is 663 g/mol. The van der Waals surface area contributed by atoms with Gasteiger partial charge in [0.15, 0.2) is 0 Å². The van der Waals surface area contributed by atoms with E-state index in [1.165, 1.54) is 148 Å². The Morgan fingerprint density at radius 2 is 0.907 bits per heavy atom. The van der Waals surface area contributed by atoms with Gasteiger partial charge in [-0.15, -0.1) is 0 Å². The predicted molar refractivity (Wildman–Crippen MR) is 241 cm³/mol. The third-order valence-corrected chi connectivity index (χ3v) is 10.8. The number of allylic oxidation sites excluding steroid dienone is 7. The van der Waals surface area contributed by atoms with E-state index in [9.17, 15) is 10.2 Å². The Morgan fingerprint density at radius 3 is 1.44 bits per heavy atom. The fourth-order valence-electron chi connectivity index (χ4n) is 7.18. The highest BCUT2D eigenvalue weighted by molar-refractivity contribution is 4.99. The SMILES string of the molecule is CCCCC/C=C\C/C=C\C(CCCCCCC)N(CCCCCCN(CCCCCCCC/C=C/C/C=C\CCCCC)CC(O)CC)CC(O)CN. The lowest BCUT2D eigenvalue weighted by Gasteiger charge is -2.32. The lowest BCUT2D eigenvalue weighted by molar-refractivity contribution is 0.0979. The Bertz CT molecular complexity index is 856. The highest BCUT2D eigenvalue weighted by Gasteiger charge is 2.18. The second-order valence-corrected chi connectivity index (χ2v) is 16.1. The van der Waals surface area contributed by atoms with Gasteiger partial charge in [-0.05, 0) is 103 Å². The topological polar surface area (TPSA) is 73.0 Å². The average molecular weight is 758 g/mol. The molecule has 5 nitrogen and oxygen atoms in total. The molecule has 0 bridgehead atoms. The number of rotatable bonds is 42. The Hall–Kier alpha value is -1.24. The molecule has 0 saturated carbocycles. The number of unbranched alkanes of at least 4 members (excludes halogenated alkanes) is 19. The smallest absolute Gasteiger partial charge is 0.0789 e. The van der Waals surface area contributed by atoms with E-state index in [0.29, 0.717) is 19.1 Å². The molecule has 0 aromatic carbocycles. The first-order chi connectivity index (χ1) is 26.5. The zero-order valence-corrected chi connectivity index (χ0v) is 36.8. The summed E-state index contributed by atoms with van der Waals surface area (Å²) in [6.45, 7) is 13.9. The number of hydrogen-bond donors (Lipinski definition) is 3. The molecule has 0 aliphatic rings. The van der Waals surface area contributed by atoms with Crippen molar-refractivity contribution in [3.8, 4) is 0 Å². The predicted octanol–water partition coefficient (Wildman–Crippen LogP) is 12.9. The molecular formula is C49H95N3O2. The van der Waals surface area contributed by atoms with Gasteiger partial charge in [0.2, 0.25) is 0 Å². The van der Waals surface area contributed by atoms with E-state index in [-0.39, 0.29) is 6.10 Å². The molecule has 3 atom stereocenters. The molecule has 0 aliphatic carbocycles. The van der Waals surface area contributed by atoms with Crippen LogP contribution in [-0.4, -0.2) is 77.5 Å². The average Bonchev–Trinajstić information content (AvgIpc) is 3.18.